The molecular weight excluding hydrogens is 282 g/mol. The number of hydrogen-bond acceptors (Lipinski definition) is 3. The molecule has 0 aliphatic carbocycles. The lowest BCUT2D eigenvalue weighted by molar-refractivity contribution is -0.146. The van der Waals surface area contributed by atoms with Gasteiger partial charge in [0.25, 0.3) is 0 Å². The maximum Gasteiger partial charge on any atom is 0.327 e. The number of hydrogen-bond donors (Lipinski definition) is 1. The Bertz CT molecular complexity index is 362. The number of carbonyl (C=O) groups excluding carboxylic acids is 1. The van der Waals surface area contributed by atoms with Gasteiger partial charge in [-0.25, -0.2) is 4.79 Å². The predicted molar refractivity (Wildman–Crippen MR) is 71.8 cm³/mol. The molecule has 0 spiro atoms. The monoisotopic (exact) mass is 299 g/mol. The van der Waals surface area contributed by atoms with Crippen LogP contribution in [0, 0.1) is 0 Å². The lowest BCUT2D eigenvalue weighted by Gasteiger charge is -2.20. The molecule has 4 heteroatoms. The smallest absolute Gasteiger partial charge is 0.327 e. The van der Waals surface area contributed by atoms with Gasteiger partial charge in [0.15, 0.2) is 0 Å². The normalized spacial score (nSPS) is 12.5. The summed E-state index contributed by atoms with van der Waals surface area (Å²) in [6.07, 6.45) is 0. The van der Waals surface area contributed by atoms with Crippen LogP contribution >= 0.6 is 15.9 Å². The number of ether oxygens (including phenoxy) is 1. The first-order valence-corrected chi connectivity index (χ1v) is 6.52. The number of nitrogens with one attached hydrogen (secondary N) is 1. The predicted octanol–water partition coefficient (Wildman–Crippen LogP) is 3.05. The molecule has 0 saturated carbocycles. The zero-order valence-corrected chi connectivity index (χ0v) is 12.0. The van der Waals surface area contributed by atoms with E-state index in [0.29, 0.717) is 6.61 Å². The molecule has 0 unspecified atom stereocenters. The molecular formula is C13H18BrNO2. The third-order valence-electron chi connectivity index (χ3n) is 2.23. The molecule has 3 nitrogen and oxygen atoms in total. The molecule has 0 bridgehead atoms. The van der Waals surface area contributed by atoms with E-state index >= 15 is 0 Å². The summed E-state index contributed by atoms with van der Waals surface area (Å²) in [6, 6.07) is 7.49. The summed E-state index contributed by atoms with van der Waals surface area (Å²) in [6.45, 7) is 6.22. The molecule has 0 aromatic heterocycles. The van der Waals surface area contributed by atoms with E-state index in [1.165, 1.54) is 0 Å². The Kier molecular flexibility index (Phi) is 5.65. The highest BCUT2D eigenvalue weighted by Crippen LogP contribution is 2.18. The Balaban J connectivity index is 2.89. The zero-order valence-electron chi connectivity index (χ0n) is 10.4. The van der Waals surface area contributed by atoms with Crippen LogP contribution in [0.5, 0.6) is 0 Å². The van der Waals surface area contributed by atoms with Gasteiger partial charge in [-0.05, 0) is 38.5 Å². The molecule has 0 radical (unpaired) electrons. The molecule has 1 atom stereocenters. The molecule has 1 N–H and O–H groups in total. The standard InChI is InChI=1S/C13H18BrNO2/c1-4-17-13(16)12(15-9(2)3)10-5-7-11(14)8-6-10/h5-9,12,15H,4H2,1-3H3/t12-/m0/s1. The lowest BCUT2D eigenvalue weighted by Crippen LogP contribution is -2.34. The van der Waals surface area contributed by atoms with E-state index < -0.39 is 6.04 Å². The van der Waals surface area contributed by atoms with Crippen LogP contribution in [0.4, 0.5) is 0 Å². The van der Waals surface area contributed by atoms with Crippen molar-refractivity contribution in [3.63, 3.8) is 0 Å². The highest BCUT2D eigenvalue weighted by atomic mass is 79.9. The van der Waals surface area contributed by atoms with Crippen molar-refractivity contribution < 1.29 is 9.53 Å². The quantitative estimate of drug-likeness (QED) is 0.849. The summed E-state index contributed by atoms with van der Waals surface area (Å²) in [4.78, 5) is 11.9. The first kappa shape index (κ1) is 14.2. The topological polar surface area (TPSA) is 38.3 Å². The van der Waals surface area contributed by atoms with Crippen LogP contribution in [0.3, 0.4) is 0 Å². The molecule has 94 valence electrons. The van der Waals surface area contributed by atoms with Crippen molar-refractivity contribution in [1.82, 2.24) is 5.32 Å². The van der Waals surface area contributed by atoms with Crippen molar-refractivity contribution in [2.24, 2.45) is 0 Å². The third-order valence-corrected chi connectivity index (χ3v) is 2.75. The van der Waals surface area contributed by atoms with E-state index in [2.05, 4.69) is 21.2 Å². The van der Waals surface area contributed by atoms with Crippen LogP contribution in [-0.2, 0) is 9.53 Å². The van der Waals surface area contributed by atoms with Crippen molar-refractivity contribution in [1.29, 1.82) is 0 Å². The summed E-state index contributed by atoms with van der Waals surface area (Å²) in [5, 5.41) is 3.21. The van der Waals surface area contributed by atoms with Crippen LogP contribution < -0.4 is 5.32 Å². The first-order valence-electron chi connectivity index (χ1n) is 5.72. The van der Waals surface area contributed by atoms with Gasteiger partial charge in [-0.3, -0.25) is 5.32 Å². The Labute approximate surface area is 111 Å². The van der Waals surface area contributed by atoms with Crippen LogP contribution in [0.1, 0.15) is 32.4 Å². The maximum atomic E-state index is 11.9. The van der Waals surface area contributed by atoms with E-state index in [1.54, 1.807) is 0 Å². The highest BCUT2D eigenvalue weighted by molar-refractivity contribution is 9.10. The second-order valence-corrected chi connectivity index (χ2v) is 4.97. The van der Waals surface area contributed by atoms with E-state index in [1.807, 2.05) is 45.0 Å². The highest BCUT2D eigenvalue weighted by Gasteiger charge is 2.22. The van der Waals surface area contributed by atoms with Gasteiger partial charge in [-0.1, -0.05) is 28.1 Å². The summed E-state index contributed by atoms with van der Waals surface area (Å²) < 4.78 is 6.07. The van der Waals surface area contributed by atoms with Gasteiger partial charge < -0.3 is 4.74 Å². The summed E-state index contributed by atoms with van der Waals surface area (Å²) >= 11 is 3.38. The fraction of sp³-hybridized carbons (Fsp3) is 0.462. The Hall–Kier alpha value is -0.870. The molecule has 0 saturated heterocycles. The fourth-order valence-corrected chi connectivity index (χ4v) is 1.78. The fourth-order valence-electron chi connectivity index (χ4n) is 1.51. The maximum absolute atomic E-state index is 11.9. The summed E-state index contributed by atoms with van der Waals surface area (Å²) in [5.41, 5.74) is 0.917. The first-order chi connectivity index (χ1) is 8.04. The SMILES string of the molecule is CCOC(=O)[C@@H](NC(C)C)c1ccc(Br)cc1. The van der Waals surface area contributed by atoms with Crippen LogP contribution in [-0.4, -0.2) is 18.6 Å². The Morgan fingerprint density at radius 2 is 1.94 bits per heavy atom. The Morgan fingerprint density at radius 1 is 1.35 bits per heavy atom. The minimum absolute atomic E-state index is 0.216. The van der Waals surface area contributed by atoms with Crippen LogP contribution in [0.25, 0.3) is 0 Å². The molecule has 0 fully saturated rings. The van der Waals surface area contributed by atoms with Gasteiger partial charge >= 0.3 is 5.97 Å². The average Bonchev–Trinajstić information content (AvgIpc) is 2.27. The largest absolute Gasteiger partial charge is 0.465 e. The number of rotatable bonds is 5. The molecule has 1 aromatic rings. The second kappa shape index (κ2) is 6.77. The number of benzene rings is 1. The van der Waals surface area contributed by atoms with E-state index in [9.17, 15) is 4.79 Å². The van der Waals surface area contributed by atoms with Crippen molar-refractivity contribution >= 4 is 21.9 Å². The van der Waals surface area contributed by atoms with Crippen LogP contribution in [0.2, 0.25) is 0 Å². The second-order valence-electron chi connectivity index (χ2n) is 4.06. The van der Waals surface area contributed by atoms with Crippen molar-refractivity contribution in [2.45, 2.75) is 32.9 Å². The van der Waals surface area contributed by atoms with Gasteiger partial charge in [0, 0.05) is 10.5 Å². The van der Waals surface area contributed by atoms with Crippen molar-refractivity contribution in [2.75, 3.05) is 6.61 Å². The molecule has 0 aliphatic rings. The van der Waals surface area contributed by atoms with Gasteiger partial charge in [0.05, 0.1) is 6.61 Å². The van der Waals surface area contributed by atoms with E-state index in [-0.39, 0.29) is 12.0 Å². The number of carbonyl (C=O) groups is 1. The minimum atomic E-state index is -0.400. The molecule has 0 aliphatic heterocycles. The molecule has 1 rings (SSSR count). The lowest BCUT2D eigenvalue weighted by atomic mass is 10.1. The molecule has 1 aromatic carbocycles. The summed E-state index contributed by atoms with van der Waals surface area (Å²) in [7, 11) is 0. The van der Waals surface area contributed by atoms with Crippen molar-refractivity contribution in [3.8, 4) is 0 Å². The van der Waals surface area contributed by atoms with Gasteiger partial charge in [0.2, 0.25) is 0 Å². The molecule has 0 amide bonds. The average molecular weight is 300 g/mol. The van der Waals surface area contributed by atoms with Gasteiger partial charge in [-0.15, -0.1) is 0 Å². The summed E-state index contributed by atoms with van der Waals surface area (Å²) in [5.74, 6) is -0.233. The van der Waals surface area contributed by atoms with Gasteiger partial charge in [-0.2, -0.15) is 0 Å². The van der Waals surface area contributed by atoms with E-state index in [4.69, 9.17) is 4.74 Å². The third kappa shape index (κ3) is 4.48. The minimum Gasteiger partial charge on any atom is -0.465 e. The van der Waals surface area contributed by atoms with Gasteiger partial charge in [0.1, 0.15) is 6.04 Å². The van der Waals surface area contributed by atoms with Crippen LogP contribution in [0.15, 0.2) is 28.7 Å². The number of halogens is 1. The number of esters is 1. The zero-order chi connectivity index (χ0) is 12.8. The Morgan fingerprint density at radius 3 is 2.41 bits per heavy atom. The molecule has 0 heterocycles. The van der Waals surface area contributed by atoms with Crippen molar-refractivity contribution in [3.05, 3.63) is 34.3 Å². The molecule has 17 heavy (non-hydrogen) atoms. The van der Waals surface area contributed by atoms with E-state index in [0.717, 1.165) is 10.0 Å².